The van der Waals surface area contributed by atoms with Crippen LogP contribution >= 0.6 is 15.9 Å². The van der Waals surface area contributed by atoms with Crippen molar-refractivity contribution in [1.82, 2.24) is 4.98 Å². The molecule has 108 valence electrons. The third kappa shape index (κ3) is 3.76. The number of carbonyl (C=O) groups excluding carboxylic acids is 1. The largest absolute Gasteiger partial charge is 0.476 e. The Bertz CT molecular complexity index is 709. The van der Waals surface area contributed by atoms with Gasteiger partial charge < -0.3 is 15.7 Å². The van der Waals surface area contributed by atoms with Crippen molar-refractivity contribution in [1.29, 1.82) is 0 Å². The Hall–Kier alpha value is -2.48. The Kier molecular flexibility index (Phi) is 4.49. The lowest BCUT2D eigenvalue weighted by atomic mass is 10.3. The van der Waals surface area contributed by atoms with Crippen molar-refractivity contribution in [2.45, 2.75) is 0 Å². The lowest BCUT2D eigenvalue weighted by Crippen LogP contribution is -2.21. The van der Waals surface area contributed by atoms with E-state index in [-0.39, 0.29) is 15.9 Å². The number of aromatic nitrogens is 1. The van der Waals surface area contributed by atoms with Gasteiger partial charge in [0.05, 0.1) is 10.2 Å². The number of hydrogen-bond acceptors (Lipinski definition) is 3. The number of nitrogens with zero attached hydrogens (tertiary/aromatic N) is 1. The number of carboxylic acids is 1. The molecule has 0 radical (unpaired) electrons. The van der Waals surface area contributed by atoms with Crippen molar-refractivity contribution in [3.8, 4) is 0 Å². The average Bonchev–Trinajstić information content (AvgIpc) is 2.43. The van der Waals surface area contributed by atoms with Gasteiger partial charge in [-0.05, 0) is 46.3 Å². The van der Waals surface area contributed by atoms with Crippen LogP contribution in [0, 0.1) is 5.82 Å². The van der Waals surface area contributed by atoms with Crippen molar-refractivity contribution < 1.29 is 19.1 Å². The highest BCUT2D eigenvalue weighted by atomic mass is 79.9. The second kappa shape index (κ2) is 6.31. The van der Waals surface area contributed by atoms with Gasteiger partial charge in [-0.1, -0.05) is 0 Å². The van der Waals surface area contributed by atoms with E-state index in [0.717, 1.165) is 0 Å². The molecule has 0 saturated heterocycles. The summed E-state index contributed by atoms with van der Waals surface area (Å²) in [5, 5.41) is 13.8. The van der Waals surface area contributed by atoms with Gasteiger partial charge >= 0.3 is 12.0 Å². The fourth-order valence-electron chi connectivity index (χ4n) is 1.54. The minimum atomic E-state index is -1.25. The first-order valence-electron chi connectivity index (χ1n) is 5.69. The van der Waals surface area contributed by atoms with Gasteiger partial charge in [0.2, 0.25) is 0 Å². The SMILES string of the molecule is O=C(Nc1ccc(F)c(Br)c1)Nc1cccnc1C(=O)O. The van der Waals surface area contributed by atoms with E-state index >= 15 is 0 Å². The second-order valence-corrected chi connectivity index (χ2v) is 4.77. The molecule has 6 nitrogen and oxygen atoms in total. The summed E-state index contributed by atoms with van der Waals surface area (Å²) in [6.07, 6.45) is 1.31. The number of benzene rings is 1. The van der Waals surface area contributed by atoms with Crippen LogP contribution in [-0.2, 0) is 0 Å². The molecule has 0 unspecified atom stereocenters. The Morgan fingerprint density at radius 2 is 2.00 bits per heavy atom. The number of hydrogen-bond donors (Lipinski definition) is 3. The van der Waals surface area contributed by atoms with Crippen molar-refractivity contribution >= 4 is 39.3 Å². The van der Waals surface area contributed by atoms with E-state index in [9.17, 15) is 14.0 Å². The molecule has 2 aromatic rings. The third-order valence-electron chi connectivity index (χ3n) is 2.44. The zero-order chi connectivity index (χ0) is 15.4. The molecule has 0 bridgehead atoms. The lowest BCUT2D eigenvalue weighted by Gasteiger charge is -2.09. The number of pyridine rings is 1. The molecule has 1 heterocycles. The summed E-state index contributed by atoms with van der Waals surface area (Å²) in [7, 11) is 0. The number of anilines is 2. The molecular weight excluding hydrogens is 345 g/mol. The minimum Gasteiger partial charge on any atom is -0.476 e. The molecule has 2 rings (SSSR count). The molecule has 8 heteroatoms. The van der Waals surface area contributed by atoms with E-state index in [2.05, 4.69) is 31.5 Å². The molecule has 0 aliphatic carbocycles. The van der Waals surface area contributed by atoms with E-state index in [1.165, 1.54) is 36.5 Å². The van der Waals surface area contributed by atoms with Gasteiger partial charge in [-0.25, -0.2) is 19.0 Å². The normalized spacial score (nSPS) is 10.0. The highest BCUT2D eigenvalue weighted by molar-refractivity contribution is 9.10. The van der Waals surface area contributed by atoms with Crippen LogP contribution < -0.4 is 10.6 Å². The molecular formula is C13H9BrFN3O3. The van der Waals surface area contributed by atoms with Crippen molar-refractivity contribution in [2.24, 2.45) is 0 Å². The van der Waals surface area contributed by atoms with Gasteiger partial charge in [0.15, 0.2) is 5.69 Å². The quantitative estimate of drug-likeness (QED) is 0.789. The molecule has 1 aromatic carbocycles. The van der Waals surface area contributed by atoms with Crippen molar-refractivity contribution in [3.05, 3.63) is 52.5 Å². The summed E-state index contributed by atoms with van der Waals surface area (Å²) in [5.41, 5.74) is 0.137. The number of halogens is 2. The van der Waals surface area contributed by atoms with E-state index in [4.69, 9.17) is 5.11 Å². The second-order valence-electron chi connectivity index (χ2n) is 3.91. The highest BCUT2D eigenvalue weighted by Gasteiger charge is 2.13. The van der Waals surface area contributed by atoms with Crippen molar-refractivity contribution in [2.75, 3.05) is 10.6 Å². The maximum Gasteiger partial charge on any atom is 0.356 e. The number of carboxylic acid groups (broad SMARTS) is 1. The van der Waals surface area contributed by atoms with Crippen LogP contribution in [0.5, 0.6) is 0 Å². The van der Waals surface area contributed by atoms with Gasteiger partial charge in [-0.3, -0.25) is 0 Å². The van der Waals surface area contributed by atoms with Gasteiger partial charge in [0.25, 0.3) is 0 Å². The van der Waals surface area contributed by atoms with Gasteiger partial charge in [0, 0.05) is 11.9 Å². The van der Waals surface area contributed by atoms with Gasteiger partial charge in [-0.15, -0.1) is 0 Å². The predicted octanol–water partition coefficient (Wildman–Crippen LogP) is 3.33. The minimum absolute atomic E-state index is 0.0590. The number of carbonyl (C=O) groups is 2. The first-order chi connectivity index (χ1) is 9.97. The number of aromatic carboxylic acids is 1. The van der Waals surface area contributed by atoms with E-state index < -0.39 is 17.8 Å². The van der Waals surface area contributed by atoms with E-state index in [1.54, 1.807) is 0 Å². The Morgan fingerprint density at radius 3 is 2.67 bits per heavy atom. The summed E-state index contributed by atoms with van der Waals surface area (Å²) < 4.78 is 13.3. The summed E-state index contributed by atoms with van der Waals surface area (Å²) >= 11 is 3.00. The first kappa shape index (κ1) is 14.9. The topological polar surface area (TPSA) is 91.3 Å². The van der Waals surface area contributed by atoms with Crippen LogP contribution in [0.3, 0.4) is 0 Å². The predicted molar refractivity (Wildman–Crippen MR) is 77.9 cm³/mol. The van der Waals surface area contributed by atoms with E-state index in [0.29, 0.717) is 5.69 Å². The fraction of sp³-hybridized carbons (Fsp3) is 0. The van der Waals surface area contributed by atoms with Crippen LogP contribution in [0.15, 0.2) is 41.0 Å². The molecule has 0 aliphatic heterocycles. The molecule has 0 saturated carbocycles. The number of urea groups is 1. The molecule has 0 atom stereocenters. The van der Waals surface area contributed by atoms with Crippen LogP contribution in [0.25, 0.3) is 0 Å². The van der Waals surface area contributed by atoms with Gasteiger partial charge in [-0.2, -0.15) is 0 Å². The zero-order valence-electron chi connectivity index (χ0n) is 10.4. The van der Waals surface area contributed by atoms with Crippen LogP contribution in [0.2, 0.25) is 0 Å². The van der Waals surface area contributed by atoms with Gasteiger partial charge in [0.1, 0.15) is 5.82 Å². The maximum absolute atomic E-state index is 13.1. The Morgan fingerprint density at radius 1 is 1.24 bits per heavy atom. The number of rotatable bonds is 3. The highest BCUT2D eigenvalue weighted by Crippen LogP contribution is 2.20. The fourth-order valence-corrected chi connectivity index (χ4v) is 1.91. The summed E-state index contributed by atoms with van der Waals surface area (Å²) in [4.78, 5) is 26.4. The summed E-state index contributed by atoms with van der Waals surface area (Å²) in [6, 6.07) is 6.20. The number of amides is 2. The molecule has 0 aliphatic rings. The molecule has 1 aromatic heterocycles. The third-order valence-corrected chi connectivity index (χ3v) is 3.04. The Balaban J connectivity index is 2.12. The molecule has 3 N–H and O–H groups in total. The monoisotopic (exact) mass is 353 g/mol. The standard InChI is InChI=1S/C13H9BrFN3O3/c14-8-6-7(3-4-9(8)15)17-13(21)18-10-2-1-5-16-11(10)12(19)20/h1-6H,(H,19,20)(H2,17,18,21). The molecule has 21 heavy (non-hydrogen) atoms. The van der Waals surface area contributed by atoms with Crippen LogP contribution in [-0.4, -0.2) is 22.1 Å². The Labute approximate surface area is 127 Å². The summed E-state index contributed by atoms with van der Waals surface area (Å²) in [6.45, 7) is 0. The maximum atomic E-state index is 13.1. The first-order valence-corrected chi connectivity index (χ1v) is 6.48. The van der Waals surface area contributed by atoms with E-state index in [1.807, 2.05) is 0 Å². The van der Waals surface area contributed by atoms with Crippen LogP contribution in [0.1, 0.15) is 10.5 Å². The van der Waals surface area contributed by atoms with Crippen molar-refractivity contribution in [3.63, 3.8) is 0 Å². The molecule has 2 amide bonds. The average molecular weight is 354 g/mol. The molecule has 0 fully saturated rings. The van der Waals surface area contributed by atoms with Crippen LogP contribution in [0.4, 0.5) is 20.6 Å². The summed E-state index contributed by atoms with van der Waals surface area (Å²) in [5.74, 6) is -1.71. The smallest absolute Gasteiger partial charge is 0.356 e. The zero-order valence-corrected chi connectivity index (χ0v) is 12.0. The molecule has 0 spiro atoms. The lowest BCUT2D eigenvalue weighted by molar-refractivity contribution is 0.0691. The number of nitrogens with one attached hydrogen (secondary N) is 2.